The van der Waals surface area contributed by atoms with E-state index >= 15 is 0 Å². The lowest BCUT2D eigenvalue weighted by atomic mass is 9.98. The maximum absolute atomic E-state index is 13.4. The smallest absolute Gasteiger partial charge is 0.490 e. The standard InChI is InChI=1S/C29H39N5O5.C2HF3O2/c1-17(2)25(26(31)36)34-29(39)24(16-18-7-4-3-5-8-18)33-27(37)21-9-6-10-23(21)32-28(38)22(30)15-19-11-13-20(35)14-12-19;3-2(4,5)1(6)7/h3-5,7-8,11-14,17,21-25,35H,6,9-10,15-16,30H2,1-2H3,(H2,31,36)(H,32,38)(H,33,37)(H,34,39);(H,6,7)/t21-,22?,23+,24?,25?;/m0./s1. The summed E-state index contributed by atoms with van der Waals surface area (Å²) in [5.41, 5.74) is 13.3. The van der Waals surface area contributed by atoms with Gasteiger partial charge >= 0.3 is 12.1 Å². The van der Waals surface area contributed by atoms with Crippen molar-refractivity contribution in [3.8, 4) is 5.75 Å². The second-order valence-electron chi connectivity index (χ2n) is 11.3. The first-order valence-electron chi connectivity index (χ1n) is 14.6. The zero-order chi connectivity index (χ0) is 34.6. The SMILES string of the molecule is CC(C)C(NC(=O)C(Cc1ccccc1)NC(=O)[C@H]1CCC[C@H]1NC(=O)C(N)Cc1ccc(O)cc1)C(N)=O.O=C(O)C(F)(F)F. The molecular formula is C31H40F3N5O7. The zero-order valence-corrected chi connectivity index (χ0v) is 25.4. The van der Waals surface area contributed by atoms with Crippen molar-refractivity contribution >= 4 is 29.6 Å². The van der Waals surface area contributed by atoms with E-state index in [-0.39, 0.29) is 36.3 Å². The van der Waals surface area contributed by atoms with Crippen molar-refractivity contribution in [3.05, 3.63) is 65.7 Å². The van der Waals surface area contributed by atoms with Crippen LogP contribution < -0.4 is 27.4 Å². The number of aromatic hydroxyl groups is 1. The van der Waals surface area contributed by atoms with Crippen LogP contribution in [0.15, 0.2) is 54.6 Å². The summed E-state index contributed by atoms with van der Waals surface area (Å²) in [7, 11) is 0. The number of nitrogens with two attached hydrogens (primary N) is 2. The summed E-state index contributed by atoms with van der Waals surface area (Å²) in [6, 6.07) is 12.7. The minimum absolute atomic E-state index is 0.130. The van der Waals surface area contributed by atoms with Gasteiger partial charge in [0.25, 0.3) is 0 Å². The van der Waals surface area contributed by atoms with Gasteiger partial charge in [0.2, 0.25) is 23.6 Å². The predicted molar refractivity (Wildman–Crippen MR) is 161 cm³/mol. The molecule has 46 heavy (non-hydrogen) atoms. The Labute approximate surface area is 264 Å². The van der Waals surface area contributed by atoms with Gasteiger partial charge in [0.15, 0.2) is 0 Å². The molecule has 1 aliphatic carbocycles. The van der Waals surface area contributed by atoms with Crippen molar-refractivity contribution in [1.82, 2.24) is 16.0 Å². The highest BCUT2D eigenvalue weighted by atomic mass is 19.4. The molecule has 2 aromatic carbocycles. The van der Waals surface area contributed by atoms with Crippen LogP contribution in [0.1, 0.15) is 44.2 Å². The Kier molecular flexibility index (Phi) is 14.0. The average Bonchev–Trinajstić information content (AvgIpc) is 3.44. The average molecular weight is 652 g/mol. The number of carbonyl (C=O) groups excluding carboxylic acids is 4. The fraction of sp³-hybridized carbons (Fsp3) is 0.452. The third-order valence-electron chi connectivity index (χ3n) is 7.34. The molecule has 3 unspecified atom stereocenters. The number of amides is 4. The predicted octanol–water partition coefficient (Wildman–Crippen LogP) is 1.53. The number of carbonyl (C=O) groups is 5. The number of aliphatic carboxylic acids is 1. The van der Waals surface area contributed by atoms with E-state index in [9.17, 15) is 37.5 Å². The van der Waals surface area contributed by atoms with Crippen LogP contribution in [0, 0.1) is 11.8 Å². The first-order valence-corrected chi connectivity index (χ1v) is 14.6. The normalized spacial score (nSPS) is 17.9. The van der Waals surface area contributed by atoms with E-state index in [1.807, 2.05) is 30.3 Å². The highest BCUT2D eigenvalue weighted by Gasteiger charge is 2.38. The molecule has 0 aliphatic heterocycles. The second-order valence-corrected chi connectivity index (χ2v) is 11.3. The Morgan fingerprint density at radius 1 is 0.891 bits per heavy atom. The van der Waals surface area contributed by atoms with E-state index < -0.39 is 54.0 Å². The van der Waals surface area contributed by atoms with Crippen molar-refractivity contribution in [1.29, 1.82) is 0 Å². The zero-order valence-electron chi connectivity index (χ0n) is 25.4. The molecule has 0 spiro atoms. The van der Waals surface area contributed by atoms with Crippen LogP contribution in [0.4, 0.5) is 13.2 Å². The number of phenolic OH excluding ortho intramolecular Hbond substituents is 1. The van der Waals surface area contributed by atoms with Gasteiger partial charge in [-0.15, -0.1) is 0 Å². The van der Waals surface area contributed by atoms with Crippen molar-refractivity contribution in [2.45, 2.75) is 76.3 Å². The van der Waals surface area contributed by atoms with E-state index in [2.05, 4.69) is 16.0 Å². The van der Waals surface area contributed by atoms with Crippen molar-refractivity contribution < 1.29 is 47.4 Å². The van der Waals surface area contributed by atoms with Crippen LogP contribution in [0.25, 0.3) is 0 Å². The van der Waals surface area contributed by atoms with Crippen LogP contribution in [0.5, 0.6) is 5.75 Å². The fourth-order valence-electron chi connectivity index (χ4n) is 4.87. The summed E-state index contributed by atoms with van der Waals surface area (Å²) in [6.07, 6.45) is -2.67. The molecule has 4 amide bonds. The van der Waals surface area contributed by atoms with Crippen LogP contribution in [-0.2, 0) is 36.8 Å². The highest BCUT2D eigenvalue weighted by Crippen LogP contribution is 2.26. The minimum Gasteiger partial charge on any atom is -0.508 e. The molecule has 15 heteroatoms. The lowest BCUT2D eigenvalue weighted by molar-refractivity contribution is -0.192. The number of benzene rings is 2. The van der Waals surface area contributed by atoms with E-state index in [0.29, 0.717) is 12.8 Å². The summed E-state index contributed by atoms with van der Waals surface area (Å²) in [5, 5.41) is 25.0. The molecular weight excluding hydrogens is 611 g/mol. The van der Waals surface area contributed by atoms with Gasteiger partial charge in [0.05, 0.1) is 12.0 Å². The Morgan fingerprint density at radius 2 is 1.46 bits per heavy atom. The molecule has 0 bridgehead atoms. The topological polar surface area (TPSA) is 214 Å². The lowest BCUT2D eigenvalue weighted by Gasteiger charge is -2.27. The number of alkyl halides is 3. The first kappa shape index (κ1) is 37.5. The number of carboxylic acids is 1. The van der Waals surface area contributed by atoms with Gasteiger partial charge in [-0.05, 0) is 48.4 Å². The summed E-state index contributed by atoms with van der Waals surface area (Å²) in [5.74, 6) is -5.24. The number of hydrogen-bond donors (Lipinski definition) is 7. The highest BCUT2D eigenvalue weighted by molar-refractivity contribution is 5.93. The van der Waals surface area contributed by atoms with E-state index in [0.717, 1.165) is 17.5 Å². The van der Waals surface area contributed by atoms with Crippen molar-refractivity contribution in [2.75, 3.05) is 0 Å². The van der Waals surface area contributed by atoms with Crippen LogP contribution in [0.2, 0.25) is 0 Å². The first-order chi connectivity index (χ1) is 21.5. The summed E-state index contributed by atoms with van der Waals surface area (Å²) in [6.45, 7) is 3.55. The number of nitrogens with one attached hydrogen (secondary N) is 3. The second kappa shape index (κ2) is 17.1. The molecule has 0 saturated heterocycles. The van der Waals surface area contributed by atoms with Crippen LogP contribution in [0.3, 0.4) is 0 Å². The quantitative estimate of drug-likeness (QED) is 0.178. The van der Waals surface area contributed by atoms with Crippen molar-refractivity contribution in [3.63, 3.8) is 0 Å². The largest absolute Gasteiger partial charge is 0.508 e. The van der Waals surface area contributed by atoms with Gasteiger partial charge in [0.1, 0.15) is 17.8 Å². The molecule has 1 saturated carbocycles. The third-order valence-corrected chi connectivity index (χ3v) is 7.34. The maximum atomic E-state index is 13.4. The monoisotopic (exact) mass is 651 g/mol. The Balaban J connectivity index is 0.000000942. The molecule has 0 aromatic heterocycles. The molecule has 0 radical (unpaired) electrons. The molecule has 1 aliphatic rings. The maximum Gasteiger partial charge on any atom is 0.490 e. The minimum atomic E-state index is -5.08. The molecule has 252 valence electrons. The number of rotatable bonds is 12. The Hall–Kier alpha value is -4.66. The van der Waals surface area contributed by atoms with Crippen LogP contribution >= 0.6 is 0 Å². The van der Waals surface area contributed by atoms with Crippen molar-refractivity contribution in [2.24, 2.45) is 23.3 Å². The number of carboxylic acid groups (broad SMARTS) is 1. The van der Waals surface area contributed by atoms with E-state index in [1.165, 1.54) is 12.1 Å². The molecule has 3 rings (SSSR count). The van der Waals surface area contributed by atoms with Gasteiger partial charge in [-0.2, -0.15) is 13.2 Å². The number of phenols is 1. The molecule has 1 fully saturated rings. The third kappa shape index (κ3) is 12.0. The molecule has 12 nitrogen and oxygen atoms in total. The Bertz CT molecular complexity index is 1340. The number of halogens is 3. The Morgan fingerprint density at radius 3 is 1.98 bits per heavy atom. The van der Waals surface area contributed by atoms with Gasteiger partial charge in [-0.1, -0.05) is 62.7 Å². The number of primary amides is 1. The molecule has 2 aromatic rings. The lowest BCUT2D eigenvalue weighted by Crippen LogP contribution is -2.57. The van der Waals surface area contributed by atoms with E-state index in [4.69, 9.17) is 21.4 Å². The van der Waals surface area contributed by atoms with E-state index in [1.54, 1.807) is 26.0 Å². The van der Waals surface area contributed by atoms with Gasteiger partial charge in [-0.25, -0.2) is 4.79 Å². The molecule has 5 atom stereocenters. The molecule has 9 N–H and O–H groups in total. The summed E-state index contributed by atoms with van der Waals surface area (Å²) < 4.78 is 31.7. The molecule has 0 heterocycles. The van der Waals surface area contributed by atoms with Gasteiger partial charge < -0.3 is 37.6 Å². The summed E-state index contributed by atoms with van der Waals surface area (Å²) >= 11 is 0. The van der Waals surface area contributed by atoms with Crippen LogP contribution in [-0.4, -0.2) is 70.2 Å². The summed E-state index contributed by atoms with van der Waals surface area (Å²) in [4.78, 5) is 60.2. The fourth-order valence-corrected chi connectivity index (χ4v) is 4.87. The number of hydrogen-bond acceptors (Lipinski definition) is 7. The van der Waals surface area contributed by atoms with Gasteiger partial charge in [0, 0.05) is 12.5 Å². The van der Waals surface area contributed by atoms with Gasteiger partial charge in [-0.3, -0.25) is 19.2 Å².